The molecule has 2 heterocycles. The van der Waals surface area contributed by atoms with Crippen molar-refractivity contribution >= 4 is 27.8 Å². The molecular weight excluding hydrogens is 474 g/mol. The Bertz CT molecular complexity index is 948. The van der Waals surface area contributed by atoms with Crippen LogP contribution in [0.25, 0.3) is 0 Å². The molecular formula is C21H25BrF2N4O3. The summed E-state index contributed by atoms with van der Waals surface area (Å²) in [7, 11) is 0. The number of unbranched alkanes of at least 4 members (excludes halogenated alkanes) is 4. The molecule has 0 aliphatic carbocycles. The minimum absolute atomic E-state index is 0.0517. The average molecular weight is 499 g/mol. The van der Waals surface area contributed by atoms with Gasteiger partial charge < -0.3 is 14.8 Å². The Hall–Kier alpha value is -2.49. The molecule has 0 fully saturated rings. The average Bonchev–Trinajstić information content (AvgIpc) is 3.18. The molecule has 2 aromatic rings. The molecule has 10 heteroatoms. The van der Waals surface area contributed by atoms with Crippen molar-refractivity contribution in [3.05, 3.63) is 45.8 Å². The van der Waals surface area contributed by atoms with Crippen LogP contribution in [0.4, 0.5) is 14.7 Å². The molecule has 168 valence electrons. The number of halogens is 3. The lowest BCUT2D eigenvalue weighted by Gasteiger charge is -2.29. The van der Waals surface area contributed by atoms with E-state index in [4.69, 9.17) is 9.47 Å². The van der Waals surface area contributed by atoms with Crippen LogP contribution in [0.15, 0.2) is 40.3 Å². The summed E-state index contributed by atoms with van der Waals surface area (Å²) in [5.41, 5.74) is 1.13. The standard InChI is InChI=1S/C21H25BrF2N4O3/c1-3-4-5-6-7-10-30-19(29)17-13(2)27-21-25-12-26-28(21)18(17)15-11-14(22)8-9-16(15)31-20(23)24/h8-9,11-12,18,20H,3-7,10H2,1-2H3,(H,25,26,27)/t18-/m0/s1. The number of ether oxygens (including phenoxy) is 2. The number of rotatable bonds is 10. The first kappa shape index (κ1) is 23.2. The summed E-state index contributed by atoms with van der Waals surface area (Å²) in [6, 6.07) is 3.81. The second-order valence-electron chi connectivity index (χ2n) is 7.21. The van der Waals surface area contributed by atoms with Crippen molar-refractivity contribution in [1.29, 1.82) is 0 Å². The maximum absolute atomic E-state index is 13.0. The van der Waals surface area contributed by atoms with Crippen molar-refractivity contribution in [2.75, 3.05) is 11.9 Å². The molecule has 0 saturated heterocycles. The molecule has 0 radical (unpaired) electrons. The van der Waals surface area contributed by atoms with Crippen LogP contribution >= 0.6 is 15.9 Å². The Labute approximate surface area is 188 Å². The number of hydrogen-bond donors (Lipinski definition) is 1. The maximum atomic E-state index is 13.0. The number of anilines is 1. The third-order valence-electron chi connectivity index (χ3n) is 4.98. The van der Waals surface area contributed by atoms with Crippen molar-refractivity contribution in [2.24, 2.45) is 0 Å². The minimum Gasteiger partial charge on any atom is -0.462 e. The first-order valence-electron chi connectivity index (χ1n) is 10.2. The van der Waals surface area contributed by atoms with Gasteiger partial charge in [-0.15, -0.1) is 0 Å². The van der Waals surface area contributed by atoms with Crippen LogP contribution in [0.5, 0.6) is 5.75 Å². The van der Waals surface area contributed by atoms with Gasteiger partial charge in [-0.1, -0.05) is 48.5 Å². The second kappa shape index (κ2) is 10.7. The summed E-state index contributed by atoms with van der Waals surface area (Å²) < 4.78 is 38.5. The number of hydrogen-bond acceptors (Lipinski definition) is 6. The molecule has 1 aromatic carbocycles. The van der Waals surface area contributed by atoms with E-state index in [2.05, 4.69) is 38.3 Å². The number of fused-ring (bicyclic) bond motifs is 1. The first-order chi connectivity index (χ1) is 14.9. The Morgan fingerprint density at radius 2 is 2.06 bits per heavy atom. The molecule has 3 rings (SSSR count). The zero-order chi connectivity index (χ0) is 22.4. The number of allylic oxidation sites excluding steroid dienone is 1. The zero-order valence-electron chi connectivity index (χ0n) is 17.4. The Balaban J connectivity index is 1.91. The highest BCUT2D eigenvalue weighted by Gasteiger charge is 2.36. The normalized spacial score (nSPS) is 15.6. The molecule has 1 atom stereocenters. The minimum atomic E-state index is -3.01. The summed E-state index contributed by atoms with van der Waals surface area (Å²) in [6.07, 6.45) is 6.45. The van der Waals surface area contributed by atoms with Crippen LogP contribution in [0.3, 0.4) is 0 Å². The van der Waals surface area contributed by atoms with E-state index >= 15 is 0 Å². The zero-order valence-corrected chi connectivity index (χ0v) is 19.0. The van der Waals surface area contributed by atoms with Crippen LogP contribution in [0.1, 0.15) is 57.6 Å². The van der Waals surface area contributed by atoms with Crippen LogP contribution in [0.2, 0.25) is 0 Å². The third-order valence-corrected chi connectivity index (χ3v) is 5.47. The molecule has 0 bridgehead atoms. The molecule has 0 spiro atoms. The largest absolute Gasteiger partial charge is 0.462 e. The van der Waals surface area contributed by atoms with Crippen molar-refractivity contribution in [3.8, 4) is 5.75 Å². The summed E-state index contributed by atoms with van der Waals surface area (Å²) in [6.45, 7) is 1.13. The van der Waals surface area contributed by atoms with Crippen molar-refractivity contribution < 1.29 is 23.0 Å². The van der Waals surface area contributed by atoms with Gasteiger partial charge in [0.25, 0.3) is 0 Å². The van der Waals surface area contributed by atoms with Gasteiger partial charge >= 0.3 is 12.6 Å². The number of nitrogens with zero attached hydrogens (tertiary/aromatic N) is 3. The number of alkyl halides is 2. The summed E-state index contributed by atoms with van der Waals surface area (Å²) in [5.74, 6) is -0.194. The molecule has 7 nitrogen and oxygen atoms in total. The van der Waals surface area contributed by atoms with Gasteiger partial charge in [-0.25, -0.2) is 9.48 Å². The fourth-order valence-corrected chi connectivity index (χ4v) is 3.91. The van der Waals surface area contributed by atoms with Crippen LogP contribution in [-0.4, -0.2) is 34.0 Å². The molecule has 1 aromatic heterocycles. The molecule has 0 saturated carbocycles. The lowest BCUT2D eigenvalue weighted by molar-refractivity contribution is -0.139. The van der Waals surface area contributed by atoms with Crippen LogP contribution < -0.4 is 10.1 Å². The highest BCUT2D eigenvalue weighted by molar-refractivity contribution is 9.10. The van der Waals surface area contributed by atoms with E-state index in [1.165, 1.54) is 17.1 Å². The van der Waals surface area contributed by atoms with Gasteiger partial charge in [0.05, 0.1) is 12.2 Å². The predicted octanol–water partition coefficient (Wildman–Crippen LogP) is 5.44. The van der Waals surface area contributed by atoms with E-state index in [9.17, 15) is 13.6 Å². The molecule has 1 aliphatic heterocycles. The number of carbonyl (C=O) groups is 1. The maximum Gasteiger partial charge on any atom is 0.387 e. The summed E-state index contributed by atoms with van der Waals surface area (Å²) in [5, 5.41) is 7.24. The molecule has 0 amide bonds. The van der Waals surface area contributed by atoms with Gasteiger partial charge in [0, 0.05) is 15.7 Å². The Morgan fingerprint density at radius 1 is 1.29 bits per heavy atom. The predicted molar refractivity (Wildman–Crippen MR) is 115 cm³/mol. The number of nitrogens with one attached hydrogen (secondary N) is 1. The van der Waals surface area contributed by atoms with E-state index in [1.807, 2.05) is 0 Å². The van der Waals surface area contributed by atoms with E-state index in [-0.39, 0.29) is 17.9 Å². The lowest BCUT2D eigenvalue weighted by Crippen LogP contribution is -2.30. The molecule has 0 unspecified atom stereocenters. The van der Waals surface area contributed by atoms with Gasteiger partial charge in [0.15, 0.2) is 0 Å². The van der Waals surface area contributed by atoms with Gasteiger partial charge in [0.1, 0.15) is 18.1 Å². The van der Waals surface area contributed by atoms with Gasteiger partial charge in [-0.3, -0.25) is 0 Å². The number of carbonyl (C=O) groups excluding carboxylic acids is 1. The van der Waals surface area contributed by atoms with E-state index in [0.717, 1.165) is 32.1 Å². The number of benzene rings is 1. The van der Waals surface area contributed by atoms with E-state index < -0.39 is 18.6 Å². The summed E-state index contributed by atoms with van der Waals surface area (Å²) in [4.78, 5) is 17.2. The van der Waals surface area contributed by atoms with Gasteiger partial charge in [-0.05, 0) is 31.5 Å². The Kier molecular flexibility index (Phi) is 8.00. The SMILES string of the molecule is CCCCCCCOC(=O)C1=C(C)Nc2ncnn2[C@H]1c1cc(Br)ccc1OC(F)F. The second-order valence-corrected chi connectivity index (χ2v) is 8.12. The molecule has 31 heavy (non-hydrogen) atoms. The topological polar surface area (TPSA) is 78.3 Å². The monoisotopic (exact) mass is 498 g/mol. The van der Waals surface area contributed by atoms with E-state index in [1.54, 1.807) is 19.1 Å². The third kappa shape index (κ3) is 5.61. The lowest BCUT2D eigenvalue weighted by atomic mass is 9.95. The Morgan fingerprint density at radius 3 is 2.81 bits per heavy atom. The smallest absolute Gasteiger partial charge is 0.387 e. The first-order valence-corrected chi connectivity index (χ1v) is 11.0. The van der Waals surface area contributed by atoms with Crippen molar-refractivity contribution in [2.45, 2.75) is 58.6 Å². The van der Waals surface area contributed by atoms with Crippen molar-refractivity contribution in [3.63, 3.8) is 0 Å². The van der Waals surface area contributed by atoms with Gasteiger partial charge in [-0.2, -0.15) is 18.9 Å². The number of esters is 1. The van der Waals surface area contributed by atoms with Crippen LogP contribution in [-0.2, 0) is 9.53 Å². The number of aromatic nitrogens is 3. The van der Waals surface area contributed by atoms with Crippen LogP contribution in [0, 0.1) is 0 Å². The summed E-state index contributed by atoms with van der Waals surface area (Å²) >= 11 is 3.37. The fourth-order valence-electron chi connectivity index (χ4n) is 3.53. The van der Waals surface area contributed by atoms with Gasteiger partial charge in [0.2, 0.25) is 5.95 Å². The highest BCUT2D eigenvalue weighted by Crippen LogP contribution is 2.40. The molecule has 1 N–H and O–H groups in total. The molecule has 1 aliphatic rings. The fraction of sp³-hybridized carbons (Fsp3) is 0.476. The quantitative estimate of drug-likeness (QED) is 0.346. The highest BCUT2D eigenvalue weighted by atomic mass is 79.9. The van der Waals surface area contributed by atoms with E-state index in [0.29, 0.717) is 21.7 Å². The van der Waals surface area contributed by atoms with Crippen molar-refractivity contribution in [1.82, 2.24) is 14.8 Å².